The van der Waals surface area contributed by atoms with Crippen LogP contribution >= 0.6 is 0 Å². The van der Waals surface area contributed by atoms with Crippen molar-refractivity contribution < 1.29 is 19.4 Å². The van der Waals surface area contributed by atoms with Gasteiger partial charge in [-0.2, -0.15) is 0 Å². The molecule has 0 aromatic heterocycles. The quantitative estimate of drug-likeness (QED) is 0.828. The lowest BCUT2D eigenvalue weighted by molar-refractivity contribution is -0.143. The maximum atomic E-state index is 12.2. The number of urea groups is 1. The van der Waals surface area contributed by atoms with Gasteiger partial charge in [0.25, 0.3) is 0 Å². The normalized spacial score (nSPS) is 27.1. The number of amides is 2. The van der Waals surface area contributed by atoms with E-state index >= 15 is 0 Å². The molecule has 0 radical (unpaired) electrons. The van der Waals surface area contributed by atoms with E-state index < -0.39 is 5.97 Å². The third kappa shape index (κ3) is 4.88. The number of nitrogens with one attached hydrogen (secondary N) is 1. The van der Waals surface area contributed by atoms with Gasteiger partial charge in [0.05, 0.1) is 5.92 Å². The lowest BCUT2D eigenvalue weighted by atomic mass is 9.86. The van der Waals surface area contributed by atoms with Crippen LogP contribution in [0, 0.1) is 11.8 Å². The molecule has 120 valence electrons. The van der Waals surface area contributed by atoms with Crippen molar-refractivity contribution in [3.8, 4) is 0 Å². The first kappa shape index (κ1) is 16.1. The molecule has 0 aromatic carbocycles. The van der Waals surface area contributed by atoms with Crippen LogP contribution in [-0.4, -0.2) is 54.9 Å². The topological polar surface area (TPSA) is 78.9 Å². The minimum absolute atomic E-state index is 0.00973. The highest BCUT2D eigenvalue weighted by Crippen LogP contribution is 2.24. The lowest BCUT2D eigenvalue weighted by Gasteiger charge is -2.31. The molecule has 1 aliphatic carbocycles. The molecule has 2 amide bonds. The van der Waals surface area contributed by atoms with E-state index in [9.17, 15) is 9.59 Å². The van der Waals surface area contributed by atoms with Gasteiger partial charge < -0.3 is 20.1 Å². The molecule has 6 heteroatoms. The number of rotatable bonds is 4. The number of carbonyl (C=O) groups excluding carboxylic acids is 1. The summed E-state index contributed by atoms with van der Waals surface area (Å²) in [6.07, 6.45) is 5.02. The van der Waals surface area contributed by atoms with E-state index in [2.05, 4.69) is 5.32 Å². The van der Waals surface area contributed by atoms with Crippen LogP contribution in [0.1, 0.15) is 38.5 Å². The van der Waals surface area contributed by atoms with Gasteiger partial charge in [0, 0.05) is 32.8 Å². The van der Waals surface area contributed by atoms with Crippen molar-refractivity contribution in [1.82, 2.24) is 10.2 Å². The minimum atomic E-state index is -0.746. The Kier molecular flexibility index (Phi) is 5.85. The second kappa shape index (κ2) is 7.64. The van der Waals surface area contributed by atoms with Crippen molar-refractivity contribution in [3.05, 3.63) is 0 Å². The molecule has 2 rings (SSSR count). The average molecular weight is 298 g/mol. The Labute approximate surface area is 125 Å². The predicted octanol–water partition coefficient (Wildman–Crippen LogP) is 1.70. The lowest BCUT2D eigenvalue weighted by Crippen LogP contribution is -2.47. The highest BCUT2D eigenvalue weighted by Gasteiger charge is 2.28. The number of hydrogen-bond donors (Lipinski definition) is 2. The third-order valence-electron chi connectivity index (χ3n) is 4.57. The Balaban J connectivity index is 1.75. The molecule has 1 aliphatic heterocycles. The fourth-order valence-electron chi connectivity index (χ4n) is 3.23. The van der Waals surface area contributed by atoms with E-state index in [0.29, 0.717) is 12.3 Å². The summed E-state index contributed by atoms with van der Waals surface area (Å²) in [6.45, 7) is 2.30. The van der Waals surface area contributed by atoms with Gasteiger partial charge in [0.15, 0.2) is 0 Å². The Bertz CT molecular complexity index is 369. The molecular formula is C15H26N2O4. The van der Waals surface area contributed by atoms with Crippen LogP contribution in [0.2, 0.25) is 0 Å². The molecule has 6 nitrogen and oxygen atoms in total. The van der Waals surface area contributed by atoms with Crippen molar-refractivity contribution >= 4 is 12.0 Å². The molecule has 2 atom stereocenters. The van der Waals surface area contributed by atoms with E-state index in [1.54, 1.807) is 4.90 Å². The molecule has 2 fully saturated rings. The zero-order chi connectivity index (χ0) is 15.2. The SMILES string of the molecule is CN(CC1CCOCC1)C(=O)NC1CCCC(C(=O)O)C1. The van der Waals surface area contributed by atoms with Crippen molar-refractivity contribution in [2.24, 2.45) is 11.8 Å². The van der Waals surface area contributed by atoms with Gasteiger partial charge >= 0.3 is 12.0 Å². The first-order chi connectivity index (χ1) is 10.1. The van der Waals surface area contributed by atoms with Crippen molar-refractivity contribution in [2.75, 3.05) is 26.8 Å². The van der Waals surface area contributed by atoms with Gasteiger partial charge in [-0.05, 0) is 38.0 Å². The molecule has 1 saturated heterocycles. The number of nitrogens with zero attached hydrogens (tertiary/aromatic N) is 1. The Morgan fingerprint density at radius 1 is 1.24 bits per heavy atom. The maximum Gasteiger partial charge on any atom is 0.317 e. The summed E-state index contributed by atoms with van der Waals surface area (Å²) in [6, 6.07) is -0.0954. The average Bonchev–Trinajstić information content (AvgIpc) is 2.48. The summed E-state index contributed by atoms with van der Waals surface area (Å²) in [5.41, 5.74) is 0. The van der Waals surface area contributed by atoms with Crippen LogP contribution in [-0.2, 0) is 9.53 Å². The summed E-state index contributed by atoms with van der Waals surface area (Å²) in [5, 5.41) is 12.1. The van der Waals surface area contributed by atoms with E-state index in [4.69, 9.17) is 9.84 Å². The number of carbonyl (C=O) groups is 2. The molecule has 0 spiro atoms. The smallest absolute Gasteiger partial charge is 0.317 e. The summed E-state index contributed by atoms with van der Waals surface area (Å²) >= 11 is 0. The molecule has 2 N–H and O–H groups in total. The number of aliphatic carboxylic acids is 1. The van der Waals surface area contributed by atoms with Gasteiger partial charge in [-0.3, -0.25) is 4.79 Å². The standard InChI is InChI=1S/C15H26N2O4/c1-17(10-11-5-7-21-8-6-11)15(20)16-13-4-2-3-12(9-13)14(18)19/h11-13H,2-10H2,1H3,(H,16,20)(H,18,19). The van der Waals surface area contributed by atoms with Crippen LogP contribution < -0.4 is 5.32 Å². The number of hydrogen-bond acceptors (Lipinski definition) is 3. The minimum Gasteiger partial charge on any atom is -0.481 e. The zero-order valence-corrected chi connectivity index (χ0v) is 12.7. The predicted molar refractivity (Wildman–Crippen MR) is 78.1 cm³/mol. The summed E-state index contributed by atoms with van der Waals surface area (Å²) < 4.78 is 5.32. The second-order valence-electron chi connectivity index (χ2n) is 6.28. The van der Waals surface area contributed by atoms with Crippen LogP contribution in [0.15, 0.2) is 0 Å². The van der Waals surface area contributed by atoms with Crippen molar-refractivity contribution in [3.63, 3.8) is 0 Å². The first-order valence-electron chi connectivity index (χ1n) is 7.88. The largest absolute Gasteiger partial charge is 0.481 e. The molecule has 0 aromatic rings. The fraction of sp³-hybridized carbons (Fsp3) is 0.867. The Hall–Kier alpha value is -1.30. The molecule has 21 heavy (non-hydrogen) atoms. The zero-order valence-electron chi connectivity index (χ0n) is 12.7. The van der Waals surface area contributed by atoms with E-state index in [0.717, 1.165) is 51.9 Å². The summed E-state index contributed by atoms with van der Waals surface area (Å²) in [4.78, 5) is 25.0. The van der Waals surface area contributed by atoms with E-state index in [-0.39, 0.29) is 18.0 Å². The number of ether oxygens (including phenoxy) is 1. The summed E-state index contributed by atoms with van der Waals surface area (Å²) in [5.74, 6) is -0.554. The Morgan fingerprint density at radius 3 is 2.62 bits per heavy atom. The summed E-state index contributed by atoms with van der Waals surface area (Å²) in [7, 11) is 1.81. The van der Waals surface area contributed by atoms with Gasteiger partial charge in [0.1, 0.15) is 0 Å². The van der Waals surface area contributed by atoms with Gasteiger partial charge in [-0.1, -0.05) is 6.42 Å². The maximum absolute atomic E-state index is 12.2. The Morgan fingerprint density at radius 2 is 1.95 bits per heavy atom. The van der Waals surface area contributed by atoms with Gasteiger partial charge in [-0.25, -0.2) is 4.79 Å². The van der Waals surface area contributed by atoms with E-state index in [1.165, 1.54) is 0 Å². The van der Waals surface area contributed by atoms with Crippen LogP contribution in [0.4, 0.5) is 4.79 Å². The van der Waals surface area contributed by atoms with Gasteiger partial charge in [0.2, 0.25) is 0 Å². The third-order valence-corrected chi connectivity index (χ3v) is 4.57. The first-order valence-corrected chi connectivity index (χ1v) is 7.88. The number of carboxylic acid groups (broad SMARTS) is 1. The molecule has 1 saturated carbocycles. The second-order valence-corrected chi connectivity index (χ2v) is 6.28. The molecule has 1 heterocycles. The number of carboxylic acids is 1. The fourth-order valence-corrected chi connectivity index (χ4v) is 3.23. The highest BCUT2D eigenvalue weighted by molar-refractivity contribution is 5.74. The van der Waals surface area contributed by atoms with Gasteiger partial charge in [-0.15, -0.1) is 0 Å². The highest BCUT2D eigenvalue weighted by atomic mass is 16.5. The van der Waals surface area contributed by atoms with Crippen LogP contribution in [0.5, 0.6) is 0 Å². The van der Waals surface area contributed by atoms with E-state index in [1.807, 2.05) is 7.05 Å². The molecule has 2 aliphatic rings. The van der Waals surface area contributed by atoms with Crippen LogP contribution in [0.3, 0.4) is 0 Å². The monoisotopic (exact) mass is 298 g/mol. The molecular weight excluding hydrogens is 272 g/mol. The molecule has 0 bridgehead atoms. The van der Waals surface area contributed by atoms with Crippen molar-refractivity contribution in [1.29, 1.82) is 0 Å². The van der Waals surface area contributed by atoms with Crippen molar-refractivity contribution in [2.45, 2.75) is 44.6 Å². The van der Waals surface area contributed by atoms with Crippen LogP contribution in [0.25, 0.3) is 0 Å². The molecule has 2 unspecified atom stereocenters.